The number of alkyl halides is 3. The molecular formula is C45H52Cl2F3N7O6. The van der Waals surface area contributed by atoms with Crippen molar-refractivity contribution in [3.8, 4) is 22.8 Å². The van der Waals surface area contributed by atoms with Gasteiger partial charge in [0.05, 0.1) is 66.4 Å². The Morgan fingerprint density at radius 2 is 1.67 bits per heavy atom. The van der Waals surface area contributed by atoms with Crippen LogP contribution in [0.4, 0.5) is 13.2 Å². The van der Waals surface area contributed by atoms with Gasteiger partial charge in [0.25, 0.3) is 0 Å². The fourth-order valence-electron chi connectivity index (χ4n) is 8.32. The van der Waals surface area contributed by atoms with E-state index < -0.39 is 72.5 Å². The number of benzene rings is 2. The molecule has 6 rings (SSSR count). The highest BCUT2D eigenvalue weighted by atomic mass is 35.5. The van der Waals surface area contributed by atoms with Crippen molar-refractivity contribution in [1.82, 2.24) is 34.6 Å². The first-order chi connectivity index (χ1) is 29.8. The third-order valence-electron chi connectivity index (χ3n) is 11.6. The van der Waals surface area contributed by atoms with E-state index in [1.807, 2.05) is 42.7 Å². The Bertz CT molecular complexity index is 2270. The summed E-state index contributed by atoms with van der Waals surface area (Å²) in [7, 11) is 7.25. The van der Waals surface area contributed by atoms with Crippen LogP contribution in [0.25, 0.3) is 11.3 Å². The van der Waals surface area contributed by atoms with Gasteiger partial charge in [-0.05, 0) is 82.2 Å². The number of nitrogens with one attached hydrogen (secondary N) is 1. The Balaban J connectivity index is 1.33. The normalized spacial score (nSPS) is 21.7. The zero-order valence-corrected chi connectivity index (χ0v) is 37.4. The number of Topliss-reactive ketones (excluding diaryl/α,β-unsaturated/α-hetero) is 1. The maximum absolute atomic E-state index is 14.5. The van der Waals surface area contributed by atoms with Gasteiger partial charge in [-0.3, -0.25) is 24.2 Å². The summed E-state index contributed by atoms with van der Waals surface area (Å²) in [6.07, 6.45) is -3.49. The Morgan fingerprint density at radius 1 is 0.952 bits per heavy atom. The lowest BCUT2D eigenvalue weighted by atomic mass is 9.81. The predicted octanol–water partition coefficient (Wildman–Crippen LogP) is 7.27. The van der Waals surface area contributed by atoms with Crippen LogP contribution < -0.4 is 10.1 Å². The van der Waals surface area contributed by atoms with Crippen molar-refractivity contribution in [2.75, 3.05) is 40.9 Å². The third-order valence-corrected chi connectivity index (χ3v) is 12.0. The minimum absolute atomic E-state index is 0.119. The molecular weight excluding hydrogens is 862 g/mol. The molecule has 2 aromatic carbocycles. The zero-order valence-electron chi connectivity index (χ0n) is 35.9. The van der Waals surface area contributed by atoms with Gasteiger partial charge in [0.15, 0.2) is 11.5 Å². The van der Waals surface area contributed by atoms with E-state index in [1.165, 1.54) is 31.2 Å². The molecule has 4 atom stereocenters. The number of carbonyl (C=O) groups is 4. The van der Waals surface area contributed by atoms with Crippen LogP contribution in [0, 0.1) is 11.8 Å². The molecule has 2 aliphatic heterocycles. The molecule has 0 unspecified atom stereocenters. The summed E-state index contributed by atoms with van der Waals surface area (Å²) in [5.74, 6) is -4.27. The van der Waals surface area contributed by atoms with Gasteiger partial charge in [-0.2, -0.15) is 13.2 Å². The number of hydrogen-bond donors (Lipinski definition) is 1. The number of halogens is 5. The van der Waals surface area contributed by atoms with Gasteiger partial charge < -0.3 is 34.1 Å². The van der Waals surface area contributed by atoms with E-state index in [4.69, 9.17) is 32.7 Å². The van der Waals surface area contributed by atoms with Gasteiger partial charge in [-0.25, -0.2) is 4.98 Å². The molecule has 63 heavy (non-hydrogen) atoms. The van der Waals surface area contributed by atoms with E-state index in [1.54, 1.807) is 42.6 Å². The molecule has 0 saturated carbocycles. The lowest BCUT2D eigenvalue weighted by Crippen LogP contribution is -2.63. The minimum atomic E-state index is -4.81. The number of piperidine rings is 1. The number of ketones is 1. The van der Waals surface area contributed by atoms with Gasteiger partial charge in [0.1, 0.15) is 17.3 Å². The Hall–Kier alpha value is -5.03. The van der Waals surface area contributed by atoms with E-state index in [-0.39, 0.29) is 49.0 Å². The molecule has 2 aromatic heterocycles. The first-order valence-corrected chi connectivity index (χ1v) is 21.4. The maximum atomic E-state index is 14.5. The second-order valence-electron chi connectivity index (χ2n) is 16.8. The van der Waals surface area contributed by atoms with Gasteiger partial charge in [0.2, 0.25) is 17.7 Å². The van der Waals surface area contributed by atoms with Crippen LogP contribution in [0.15, 0.2) is 67.0 Å². The Morgan fingerprint density at radius 3 is 2.33 bits per heavy atom. The van der Waals surface area contributed by atoms with Crippen LogP contribution in [0.1, 0.15) is 56.1 Å². The summed E-state index contributed by atoms with van der Waals surface area (Å²) in [5.41, 5.74) is 1.57. The molecule has 0 spiro atoms. The number of methoxy groups -OCH3 is 1. The first-order valence-electron chi connectivity index (χ1n) is 20.6. The topological polar surface area (TPSA) is 139 Å². The minimum Gasteiger partial charge on any atom is -0.455 e. The lowest BCUT2D eigenvalue weighted by Gasteiger charge is -2.45. The molecule has 13 nitrogen and oxygen atoms in total. The van der Waals surface area contributed by atoms with Crippen molar-refractivity contribution in [1.29, 1.82) is 0 Å². The number of carbonyl (C=O) groups excluding carboxylic acids is 4. The van der Waals surface area contributed by atoms with E-state index in [9.17, 15) is 32.3 Å². The SMILES string of the molecule is COC[C@@H]1CC(=O)[C@H](C)N(Cc2ncc(Cl)cc2Oc2ccc(-c3cnc(CN(C)C)n3C)cc2)C(=O)C[C@@H](CC(F)(F)F)C(=O)N2CCC[C@@](Cc3ccc(Cl)cc3)(C2)NC1=O. The highest BCUT2D eigenvalue weighted by Crippen LogP contribution is 2.35. The van der Waals surface area contributed by atoms with Crippen molar-refractivity contribution < 1.29 is 41.8 Å². The lowest BCUT2D eigenvalue weighted by molar-refractivity contribution is -0.164. The average molecular weight is 915 g/mol. The number of imidazole rings is 1. The standard InChI is InChI=1S/C45H52Cl2F3N7O6/c1-28-38(58)17-32(26-62-5)42(60)53-44(20-29-7-11-33(46)12-8-29)15-6-16-56(27-44)43(61)31(21-45(48,49)50)18-41(59)57(28)24-36-39(19-34(47)22-51-36)63-35-13-9-30(10-14-35)37-23-52-40(55(37)4)25-54(2)3/h7-14,19,22-23,28,31-32H,6,15-18,20-21,24-27H2,1-5H3,(H,53,60)/t28-,31-,32-,44+/m0/s1. The van der Waals surface area contributed by atoms with Crippen LogP contribution in [0.5, 0.6) is 11.5 Å². The number of aromatic nitrogens is 3. The van der Waals surface area contributed by atoms with E-state index in [0.29, 0.717) is 30.2 Å². The zero-order chi connectivity index (χ0) is 45.6. The number of fused-ring (bicyclic) bond motifs is 2. The molecule has 0 aliphatic carbocycles. The maximum Gasteiger partial charge on any atom is 0.389 e. The second-order valence-corrected chi connectivity index (χ2v) is 17.6. The number of hydrogen-bond acceptors (Lipinski definition) is 9. The summed E-state index contributed by atoms with van der Waals surface area (Å²) in [6, 6.07) is 14.3. The quantitative estimate of drug-likeness (QED) is 0.156. The summed E-state index contributed by atoms with van der Waals surface area (Å²) in [4.78, 5) is 70.6. The molecule has 1 N–H and O–H groups in total. The van der Waals surface area contributed by atoms with Crippen molar-refractivity contribution in [2.24, 2.45) is 18.9 Å². The molecule has 2 aliphatic rings. The molecule has 4 aromatic rings. The molecule has 2 bridgehead atoms. The average Bonchev–Trinajstić information content (AvgIpc) is 3.58. The van der Waals surface area contributed by atoms with E-state index >= 15 is 0 Å². The summed E-state index contributed by atoms with van der Waals surface area (Å²) < 4.78 is 56.6. The molecule has 4 heterocycles. The Labute approximate surface area is 374 Å². The third kappa shape index (κ3) is 12.2. The van der Waals surface area contributed by atoms with Gasteiger partial charge in [-0.15, -0.1) is 0 Å². The van der Waals surface area contributed by atoms with Crippen LogP contribution in [-0.4, -0.2) is 111 Å². The van der Waals surface area contributed by atoms with Crippen molar-refractivity contribution in [2.45, 2.75) is 76.3 Å². The fraction of sp³-hybridized carbons (Fsp3) is 0.467. The van der Waals surface area contributed by atoms with Crippen molar-refractivity contribution >= 4 is 46.7 Å². The van der Waals surface area contributed by atoms with Gasteiger partial charge in [0, 0.05) is 62.9 Å². The van der Waals surface area contributed by atoms with Gasteiger partial charge in [-0.1, -0.05) is 35.3 Å². The predicted molar refractivity (Wildman–Crippen MR) is 231 cm³/mol. The summed E-state index contributed by atoms with van der Waals surface area (Å²) >= 11 is 12.5. The van der Waals surface area contributed by atoms with E-state index in [2.05, 4.69) is 15.3 Å². The van der Waals surface area contributed by atoms with Crippen molar-refractivity contribution in [3.63, 3.8) is 0 Å². The number of nitrogens with zero attached hydrogens (tertiary/aromatic N) is 6. The van der Waals surface area contributed by atoms with Crippen LogP contribution in [-0.2, 0) is 50.5 Å². The molecule has 0 radical (unpaired) electrons. The van der Waals surface area contributed by atoms with Crippen LogP contribution >= 0.6 is 23.2 Å². The van der Waals surface area contributed by atoms with Crippen LogP contribution in [0.3, 0.4) is 0 Å². The second kappa shape index (κ2) is 20.2. The van der Waals surface area contributed by atoms with E-state index in [0.717, 1.165) is 27.5 Å². The van der Waals surface area contributed by atoms with Gasteiger partial charge >= 0.3 is 6.18 Å². The molecule has 3 amide bonds. The van der Waals surface area contributed by atoms with Crippen LogP contribution in [0.2, 0.25) is 10.0 Å². The number of ether oxygens (including phenoxy) is 2. The highest BCUT2D eigenvalue weighted by molar-refractivity contribution is 6.30. The smallest absolute Gasteiger partial charge is 0.389 e. The number of rotatable bonds is 12. The molecule has 338 valence electrons. The molecule has 18 heteroatoms. The number of pyridine rings is 1. The first kappa shape index (κ1) is 47.4. The number of amides is 3. The fourth-order valence-corrected chi connectivity index (χ4v) is 8.59. The largest absolute Gasteiger partial charge is 0.455 e. The summed E-state index contributed by atoms with van der Waals surface area (Å²) in [5, 5.41) is 3.79. The van der Waals surface area contributed by atoms with Crippen molar-refractivity contribution in [3.05, 3.63) is 94.1 Å². The Kier molecular flexibility index (Phi) is 15.2. The summed E-state index contributed by atoms with van der Waals surface area (Å²) in [6.45, 7) is 1.55. The molecule has 2 fully saturated rings. The molecule has 2 saturated heterocycles. The highest BCUT2D eigenvalue weighted by Gasteiger charge is 2.45. The monoisotopic (exact) mass is 913 g/mol.